The summed E-state index contributed by atoms with van der Waals surface area (Å²) in [5.74, 6) is -2.17. The van der Waals surface area contributed by atoms with Gasteiger partial charge in [0.1, 0.15) is 5.82 Å². The van der Waals surface area contributed by atoms with Gasteiger partial charge in [-0.2, -0.15) is 5.10 Å². The zero-order valence-corrected chi connectivity index (χ0v) is 17.7. The third-order valence-electron chi connectivity index (χ3n) is 6.30. The van der Waals surface area contributed by atoms with Crippen molar-refractivity contribution in [3.63, 3.8) is 0 Å². The summed E-state index contributed by atoms with van der Waals surface area (Å²) < 4.78 is 28.2. The number of aryl methyl sites for hydroxylation is 2. The maximum absolute atomic E-state index is 13.4. The fourth-order valence-corrected chi connectivity index (χ4v) is 4.45. The normalized spacial score (nSPS) is 18.0. The largest absolute Gasteiger partial charge is 0.338 e. The quantitative estimate of drug-likeness (QED) is 0.613. The number of alkyl halides is 2. The summed E-state index contributed by atoms with van der Waals surface area (Å²) in [7, 11) is 1.62. The molecule has 0 unspecified atom stereocenters. The van der Waals surface area contributed by atoms with Crippen molar-refractivity contribution in [1.82, 2.24) is 19.7 Å². The van der Waals surface area contributed by atoms with Gasteiger partial charge in [0.25, 0.3) is 17.4 Å². The third kappa shape index (κ3) is 3.61. The molecule has 2 aromatic heterocycles. The Balaban J connectivity index is 1.43. The number of rotatable bonds is 2. The van der Waals surface area contributed by atoms with E-state index in [2.05, 4.69) is 15.0 Å². The van der Waals surface area contributed by atoms with E-state index in [0.717, 1.165) is 41.8 Å². The predicted molar refractivity (Wildman–Crippen MR) is 117 cm³/mol. The van der Waals surface area contributed by atoms with Gasteiger partial charge < -0.3 is 9.80 Å². The van der Waals surface area contributed by atoms with Crippen LogP contribution < -0.4 is 10.5 Å². The van der Waals surface area contributed by atoms with Crippen molar-refractivity contribution in [2.45, 2.75) is 31.6 Å². The molecular formula is C23H23F2N5O2. The monoisotopic (exact) mass is 439 g/mol. The number of fused-ring (bicyclic) bond motifs is 2. The molecule has 4 heterocycles. The Hall–Kier alpha value is -3.36. The van der Waals surface area contributed by atoms with Crippen molar-refractivity contribution in [3.8, 4) is 0 Å². The van der Waals surface area contributed by atoms with Crippen LogP contribution in [0.25, 0.3) is 10.8 Å². The predicted octanol–water partition coefficient (Wildman–Crippen LogP) is 3.28. The first-order chi connectivity index (χ1) is 15.3. The van der Waals surface area contributed by atoms with Crippen LogP contribution in [-0.4, -0.2) is 51.1 Å². The van der Waals surface area contributed by atoms with Gasteiger partial charge in [0.05, 0.1) is 17.1 Å². The van der Waals surface area contributed by atoms with E-state index >= 15 is 0 Å². The maximum atomic E-state index is 13.4. The van der Waals surface area contributed by atoms with E-state index < -0.39 is 5.92 Å². The lowest BCUT2D eigenvalue weighted by Crippen LogP contribution is -2.42. The Labute approximate surface area is 183 Å². The molecule has 1 amide bonds. The second-order valence-electron chi connectivity index (χ2n) is 8.45. The van der Waals surface area contributed by atoms with Gasteiger partial charge in [0.2, 0.25) is 0 Å². The molecule has 5 rings (SSSR count). The molecule has 0 saturated carbocycles. The fourth-order valence-electron chi connectivity index (χ4n) is 4.45. The number of benzene rings is 1. The number of likely N-dealkylation sites (tertiary alicyclic amines) is 1. The number of amides is 1. The standard InChI is InChI=1S/C23H23F2N5O2/c1-28-22(32)19-5-4-18(12-16(19)14-27-28)30-8-2-3-15-11-17(13-26-20(15)30)21(31)29-9-6-23(24,25)7-10-29/h4-5,11-14H,2-3,6-10H2,1H3. The number of carbonyl (C=O) groups is 1. The lowest BCUT2D eigenvalue weighted by atomic mass is 10.0. The SMILES string of the molecule is Cn1ncc2cc(N3CCCc4cc(C(=O)N5CCC(F)(F)CC5)cnc43)ccc2c1=O. The minimum absolute atomic E-state index is 0.0552. The van der Waals surface area contributed by atoms with Crippen LogP contribution in [-0.2, 0) is 13.5 Å². The van der Waals surface area contributed by atoms with Crippen LogP contribution in [0.5, 0.6) is 0 Å². The molecule has 0 radical (unpaired) electrons. The average molecular weight is 439 g/mol. The van der Waals surface area contributed by atoms with Crippen molar-refractivity contribution >= 4 is 28.2 Å². The van der Waals surface area contributed by atoms with Gasteiger partial charge in [-0.15, -0.1) is 0 Å². The van der Waals surface area contributed by atoms with E-state index in [1.54, 1.807) is 19.3 Å². The summed E-state index contributed by atoms with van der Waals surface area (Å²) >= 11 is 0. The smallest absolute Gasteiger partial charge is 0.274 e. The first-order valence-corrected chi connectivity index (χ1v) is 10.7. The molecular weight excluding hydrogens is 416 g/mol. The van der Waals surface area contributed by atoms with Gasteiger partial charge in [-0.1, -0.05) is 0 Å². The minimum atomic E-state index is -2.69. The molecule has 0 atom stereocenters. The number of halogens is 2. The van der Waals surface area contributed by atoms with E-state index in [1.807, 2.05) is 18.2 Å². The molecule has 3 aromatic rings. The number of aromatic nitrogens is 3. The molecule has 1 aromatic carbocycles. The Morgan fingerprint density at radius 1 is 1.09 bits per heavy atom. The number of piperidine rings is 1. The zero-order chi connectivity index (χ0) is 22.5. The summed E-state index contributed by atoms with van der Waals surface area (Å²) in [6.45, 7) is 0.873. The van der Waals surface area contributed by atoms with E-state index in [-0.39, 0.29) is 37.4 Å². The van der Waals surface area contributed by atoms with Crippen molar-refractivity contribution in [3.05, 3.63) is 58.1 Å². The molecule has 2 aliphatic rings. The van der Waals surface area contributed by atoms with Crippen LogP contribution in [0.15, 0.2) is 41.5 Å². The van der Waals surface area contributed by atoms with Gasteiger partial charge in [-0.3, -0.25) is 9.59 Å². The van der Waals surface area contributed by atoms with Gasteiger partial charge in [-0.25, -0.2) is 18.4 Å². The van der Waals surface area contributed by atoms with Gasteiger partial charge in [0.15, 0.2) is 0 Å². The van der Waals surface area contributed by atoms with Crippen LogP contribution in [0.2, 0.25) is 0 Å². The van der Waals surface area contributed by atoms with E-state index in [4.69, 9.17) is 0 Å². The molecule has 1 fully saturated rings. The highest BCUT2D eigenvalue weighted by molar-refractivity contribution is 5.95. The second-order valence-corrected chi connectivity index (χ2v) is 8.45. The molecule has 0 aliphatic carbocycles. The maximum Gasteiger partial charge on any atom is 0.274 e. The number of carbonyl (C=O) groups excluding carboxylic acids is 1. The van der Waals surface area contributed by atoms with Crippen LogP contribution in [0.3, 0.4) is 0 Å². The zero-order valence-electron chi connectivity index (χ0n) is 17.7. The van der Waals surface area contributed by atoms with Crippen molar-refractivity contribution in [2.24, 2.45) is 7.05 Å². The Morgan fingerprint density at radius 2 is 1.88 bits per heavy atom. The van der Waals surface area contributed by atoms with Crippen LogP contribution in [0.4, 0.5) is 20.3 Å². The lowest BCUT2D eigenvalue weighted by molar-refractivity contribution is -0.0494. The molecule has 166 valence electrons. The summed E-state index contributed by atoms with van der Waals surface area (Å²) in [5, 5.41) is 5.46. The third-order valence-corrected chi connectivity index (χ3v) is 6.30. The van der Waals surface area contributed by atoms with Crippen molar-refractivity contribution < 1.29 is 13.6 Å². The minimum Gasteiger partial charge on any atom is -0.338 e. The molecule has 1 saturated heterocycles. The first kappa shape index (κ1) is 20.5. The van der Waals surface area contributed by atoms with E-state index in [9.17, 15) is 18.4 Å². The van der Waals surface area contributed by atoms with E-state index in [1.165, 1.54) is 15.8 Å². The summed E-state index contributed by atoms with van der Waals surface area (Å²) in [5.41, 5.74) is 2.14. The van der Waals surface area contributed by atoms with Crippen LogP contribution >= 0.6 is 0 Å². The fraction of sp³-hybridized carbons (Fsp3) is 0.391. The topological polar surface area (TPSA) is 71.3 Å². The van der Waals surface area contributed by atoms with Gasteiger partial charge >= 0.3 is 0 Å². The highest BCUT2D eigenvalue weighted by Gasteiger charge is 2.36. The summed E-state index contributed by atoms with van der Waals surface area (Å²) in [6, 6.07) is 7.45. The number of nitrogens with zero attached hydrogens (tertiary/aromatic N) is 5. The Morgan fingerprint density at radius 3 is 2.66 bits per heavy atom. The molecule has 2 aliphatic heterocycles. The van der Waals surface area contributed by atoms with Gasteiger partial charge in [-0.05, 0) is 42.7 Å². The number of hydrogen-bond donors (Lipinski definition) is 0. The summed E-state index contributed by atoms with van der Waals surface area (Å²) in [4.78, 5) is 33.3. The molecule has 0 bridgehead atoms. The lowest BCUT2D eigenvalue weighted by Gasteiger charge is -2.33. The second kappa shape index (κ2) is 7.65. The molecule has 7 nitrogen and oxygen atoms in total. The summed E-state index contributed by atoms with van der Waals surface area (Å²) in [6.07, 6.45) is 4.27. The highest BCUT2D eigenvalue weighted by Crippen LogP contribution is 2.34. The number of pyridine rings is 1. The number of anilines is 2. The molecule has 0 N–H and O–H groups in total. The Bertz CT molecular complexity index is 1260. The molecule has 9 heteroatoms. The average Bonchev–Trinajstić information content (AvgIpc) is 2.80. The first-order valence-electron chi connectivity index (χ1n) is 10.7. The van der Waals surface area contributed by atoms with E-state index in [0.29, 0.717) is 10.9 Å². The number of hydrogen-bond acceptors (Lipinski definition) is 5. The van der Waals surface area contributed by atoms with Crippen LogP contribution in [0.1, 0.15) is 35.2 Å². The highest BCUT2D eigenvalue weighted by atomic mass is 19.3. The van der Waals surface area contributed by atoms with Crippen LogP contribution in [0, 0.1) is 0 Å². The van der Waals surface area contributed by atoms with Crippen molar-refractivity contribution in [2.75, 3.05) is 24.5 Å². The Kier molecular flexibility index (Phi) is 4.91. The van der Waals surface area contributed by atoms with Crippen molar-refractivity contribution in [1.29, 1.82) is 0 Å². The molecule has 0 spiro atoms. The van der Waals surface area contributed by atoms with Gasteiger partial charge in [0, 0.05) is 56.8 Å². The molecule has 32 heavy (non-hydrogen) atoms.